The summed E-state index contributed by atoms with van der Waals surface area (Å²) in [5.74, 6) is 1.32. The Kier molecular flexibility index (Phi) is 19.4. The summed E-state index contributed by atoms with van der Waals surface area (Å²) >= 11 is 0. The van der Waals surface area contributed by atoms with E-state index in [1.54, 1.807) is 26.4 Å². The van der Waals surface area contributed by atoms with Gasteiger partial charge in [-0.15, -0.1) is 24.8 Å². The standard InChI is InChI=1S/C51H62FN3O3.2ClH/c1-39(41-17-7-4-8-18-41)53-34-14-13-32-51(46-38-48(58-3)47(57-2)37-42(46)29-36-55-51)33-15-30-50(43-19-9-5-10-20-43,44-21-11-6-12-22-44)31-16-35-54-49(56)28-25-40-23-26-45(52)27-24-40;;/h4-12,17-24,26-27,37-39,53,55H,13-16,25,28-36H2,1-3H3,(H,54,56);2*1H. The van der Waals surface area contributed by atoms with E-state index >= 15 is 0 Å². The molecular weight excluding hydrogens is 792 g/mol. The van der Waals surface area contributed by atoms with E-state index in [2.05, 4.69) is 126 Å². The van der Waals surface area contributed by atoms with Crippen LogP contribution in [0.2, 0.25) is 0 Å². The minimum Gasteiger partial charge on any atom is -0.493 e. The Morgan fingerprint density at radius 3 is 1.97 bits per heavy atom. The normalized spacial score (nSPS) is 15.1. The van der Waals surface area contributed by atoms with E-state index in [0.29, 0.717) is 25.4 Å². The number of unbranched alkanes of at least 4 members (excludes halogenated alkanes) is 1. The maximum Gasteiger partial charge on any atom is 0.220 e. The average Bonchev–Trinajstić information content (AvgIpc) is 3.27. The number of carbonyl (C=O) groups excluding carboxylic acids is 1. The Labute approximate surface area is 370 Å². The van der Waals surface area contributed by atoms with Crippen LogP contribution in [-0.2, 0) is 28.6 Å². The molecule has 1 aliphatic heterocycles. The van der Waals surface area contributed by atoms with Gasteiger partial charge in [0.1, 0.15) is 5.82 Å². The lowest BCUT2D eigenvalue weighted by atomic mass is 9.66. The maximum atomic E-state index is 13.4. The third-order valence-electron chi connectivity index (χ3n) is 12.3. The van der Waals surface area contributed by atoms with Crippen LogP contribution >= 0.6 is 24.8 Å². The average molecular weight is 857 g/mol. The Morgan fingerprint density at radius 2 is 1.33 bits per heavy atom. The molecule has 0 fully saturated rings. The summed E-state index contributed by atoms with van der Waals surface area (Å²) in [5, 5.41) is 11.0. The zero-order valence-electron chi connectivity index (χ0n) is 35.5. The zero-order chi connectivity index (χ0) is 40.6. The third kappa shape index (κ3) is 12.6. The van der Waals surface area contributed by atoms with Crippen LogP contribution < -0.4 is 25.4 Å². The van der Waals surface area contributed by atoms with E-state index in [4.69, 9.17) is 9.47 Å². The number of aryl methyl sites for hydroxylation is 1. The van der Waals surface area contributed by atoms with Gasteiger partial charge in [0.25, 0.3) is 0 Å². The van der Waals surface area contributed by atoms with Gasteiger partial charge in [0.05, 0.1) is 14.2 Å². The number of fused-ring (bicyclic) bond motifs is 1. The molecule has 5 aromatic rings. The largest absolute Gasteiger partial charge is 0.493 e. The molecule has 322 valence electrons. The van der Waals surface area contributed by atoms with Gasteiger partial charge >= 0.3 is 0 Å². The number of nitrogens with one attached hydrogen (secondary N) is 3. The first-order valence-corrected chi connectivity index (χ1v) is 21.3. The molecule has 0 aliphatic carbocycles. The molecule has 6 nitrogen and oxygen atoms in total. The van der Waals surface area contributed by atoms with Crippen LogP contribution in [-0.4, -0.2) is 39.8 Å². The predicted octanol–water partition coefficient (Wildman–Crippen LogP) is 11.2. The molecule has 2 atom stereocenters. The van der Waals surface area contributed by atoms with Gasteiger partial charge in [-0.25, -0.2) is 4.39 Å². The van der Waals surface area contributed by atoms with Gasteiger partial charge < -0.3 is 25.4 Å². The lowest BCUT2D eigenvalue weighted by Gasteiger charge is -2.43. The monoisotopic (exact) mass is 855 g/mol. The van der Waals surface area contributed by atoms with Gasteiger partial charge in [0, 0.05) is 36.5 Å². The second-order valence-corrected chi connectivity index (χ2v) is 15.9. The van der Waals surface area contributed by atoms with Gasteiger partial charge in [0.15, 0.2) is 11.5 Å². The SMILES string of the molecule is COc1cc2c(cc1OC)C(CCCCNC(C)c1ccccc1)(CCCC(CCCNC(=O)CCc1ccc(F)cc1)(c1ccccc1)c1ccccc1)NCC2.Cl.Cl. The minimum absolute atomic E-state index is 0. The van der Waals surface area contributed by atoms with Crippen molar-refractivity contribution < 1.29 is 18.7 Å². The van der Waals surface area contributed by atoms with Crippen molar-refractivity contribution in [3.05, 3.63) is 167 Å². The summed E-state index contributed by atoms with van der Waals surface area (Å²) < 4.78 is 25.0. The van der Waals surface area contributed by atoms with Crippen molar-refractivity contribution in [1.82, 2.24) is 16.0 Å². The first-order chi connectivity index (χ1) is 28.4. The fourth-order valence-electron chi connectivity index (χ4n) is 9.10. The van der Waals surface area contributed by atoms with Crippen LogP contribution in [0, 0.1) is 5.82 Å². The van der Waals surface area contributed by atoms with Crippen LogP contribution in [0.3, 0.4) is 0 Å². The molecule has 0 saturated carbocycles. The van der Waals surface area contributed by atoms with Crippen LogP contribution in [0.15, 0.2) is 127 Å². The highest BCUT2D eigenvalue weighted by Gasteiger charge is 2.39. The smallest absolute Gasteiger partial charge is 0.220 e. The van der Waals surface area contributed by atoms with Crippen LogP contribution in [0.5, 0.6) is 11.5 Å². The molecule has 3 N–H and O–H groups in total. The molecule has 0 radical (unpaired) electrons. The van der Waals surface area contributed by atoms with Crippen molar-refractivity contribution in [3.8, 4) is 11.5 Å². The number of amides is 1. The van der Waals surface area contributed by atoms with Gasteiger partial charge in [-0.3, -0.25) is 4.79 Å². The molecule has 5 aromatic carbocycles. The van der Waals surface area contributed by atoms with E-state index in [1.165, 1.54) is 39.9 Å². The highest BCUT2D eigenvalue weighted by Crippen LogP contribution is 2.46. The van der Waals surface area contributed by atoms with E-state index in [1.807, 2.05) is 0 Å². The van der Waals surface area contributed by atoms with E-state index in [9.17, 15) is 9.18 Å². The summed E-state index contributed by atoms with van der Waals surface area (Å²) in [7, 11) is 3.44. The summed E-state index contributed by atoms with van der Waals surface area (Å²) in [4.78, 5) is 12.9. The van der Waals surface area contributed by atoms with E-state index < -0.39 is 0 Å². The lowest BCUT2D eigenvalue weighted by molar-refractivity contribution is -0.121. The summed E-state index contributed by atoms with van der Waals surface area (Å²) in [5.41, 5.74) is 7.09. The molecule has 1 heterocycles. The number of ether oxygens (including phenoxy) is 2. The molecule has 1 aliphatic rings. The van der Waals surface area contributed by atoms with Crippen molar-refractivity contribution in [2.24, 2.45) is 0 Å². The van der Waals surface area contributed by atoms with Crippen molar-refractivity contribution in [2.45, 2.75) is 94.5 Å². The Bertz CT molecular complexity index is 1960. The third-order valence-corrected chi connectivity index (χ3v) is 12.3. The highest BCUT2D eigenvalue weighted by atomic mass is 35.5. The Balaban J connectivity index is 0.00000397. The van der Waals surface area contributed by atoms with Gasteiger partial charge in [-0.1, -0.05) is 116 Å². The molecule has 60 heavy (non-hydrogen) atoms. The Hall–Kier alpha value is -4.40. The number of methoxy groups -OCH3 is 2. The molecule has 9 heteroatoms. The van der Waals surface area contributed by atoms with E-state index in [-0.39, 0.29) is 47.5 Å². The number of rotatable bonds is 22. The number of hydrogen-bond acceptors (Lipinski definition) is 5. The fourth-order valence-corrected chi connectivity index (χ4v) is 9.10. The molecule has 0 saturated heterocycles. The van der Waals surface area contributed by atoms with E-state index in [0.717, 1.165) is 87.9 Å². The van der Waals surface area contributed by atoms with Crippen molar-refractivity contribution >= 4 is 30.7 Å². The van der Waals surface area contributed by atoms with Crippen LogP contribution in [0.25, 0.3) is 0 Å². The predicted molar refractivity (Wildman–Crippen MR) is 249 cm³/mol. The Morgan fingerprint density at radius 1 is 0.750 bits per heavy atom. The van der Waals surface area contributed by atoms with Crippen LogP contribution in [0.1, 0.15) is 104 Å². The molecule has 1 amide bonds. The number of carbonyl (C=O) groups is 1. The lowest BCUT2D eigenvalue weighted by Crippen LogP contribution is -2.47. The first-order valence-electron chi connectivity index (χ1n) is 21.3. The number of halogens is 3. The van der Waals surface area contributed by atoms with Crippen LogP contribution in [0.4, 0.5) is 4.39 Å². The number of hydrogen-bond donors (Lipinski definition) is 3. The topological polar surface area (TPSA) is 71.6 Å². The van der Waals surface area contributed by atoms with Crippen molar-refractivity contribution in [3.63, 3.8) is 0 Å². The highest BCUT2D eigenvalue weighted by molar-refractivity contribution is 5.85. The fraction of sp³-hybridized carbons (Fsp3) is 0.392. The van der Waals surface area contributed by atoms with Gasteiger partial charge in [-0.2, -0.15) is 0 Å². The second kappa shape index (κ2) is 24.1. The zero-order valence-corrected chi connectivity index (χ0v) is 37.2. The minimum atomic E-state index is -0.262. The van der Waals surface area contributed by atoms with Gasteiger partial charge in [-0.05, 0) is 122 Å². The summed E-state index contributed by atoms with van der Waals surface area (Å²) in [6, 6.07) is 43.7. The molecule has 0 bridgehead atoms. The molecule has 0 aromatic heterocycles. The first kappa shape index (κ1) is 48.3. The molecule has 0 spiro atoms. The second-order valence-electron chi connectivity index (χ2n) is 15.9. The van der Waals surface area contributed by atoms with Crippen molar-refractivity contribution in [2.75, 3.05) is 33.9 Å². The summed E-state index contributed by atoms with van der Waals surface area (Å²) in [6.07, 6.45) is 9.76. The maximum absolute atomic E-state index is 13.4. The molecular formula is C51H64Cl2FN3O3. The molecule has 2 unspecified atom stereocenters. The van der Waals surface area contributed by atoms with Crippen molar-refractivity contribution in [1.29, 1.82) is 0 Å². The quantitative estimate of drug-likeness (QED) is 0.0605. The van der Waals surface area contributed by atoms with Gasteiger partial charge in [0.2, 0.25) is 5.91 Å². The summed E-state index contributed by atoms with van der Waals surface area (Å²) in [6.45, 7) is 4.71. The molecule has 6 rings (SSSR count). The number of benzene rings is 5.